The number of pyridine rings is 1. The van der Waals surface area contributed by atoms with Gasteiger partial charge in [-0.2, -0.15) is 0 Å². The molecule has 0 bridgehead atoms. The molecule has 1 aliphatic heterocycles. The van der Waals surface area contributed by atoms with Crippen LogP contribution in [0.5, 0.6) is 0 Å². The van der Waals surface area contributed by atoms with Crippen molar-refractivity contribution in [2.45, 2.75) is 18.9 Å². The Bertz CT molecular complexity index is 1290. The van der Waals surface area contributed by atoms with Crippen LogP contribution in [0.3, 0.4) is 0 Å². The van der Waals surface area contributed by atoms with Gasteiger partial charge in [0.25, 0.3) is 0 Å². The van der Waals surface area contributed by atoms with E-state index in [1.165, 1.54) is 12.3 Å². The maximum atomic E-state index is 15.1. The Morgan fingerprint density at radius 2 is 1.59 bits per heavy atom. The number of carboxylic acids is 1. The van der Waals surface area contributed by atoms with E-state index < -0.39 is 23.0 Å². The van der Waals surface area contributed by atoms with Crippen molar-refractivity contribution in [1.82, 2.24) is 4.57 Å². The van der Waals surface area contributed by atoms with Crippen molar-refractivity contribution < 1.29 is 18.7 Å². The highest BCUT2D eigenvalue weighted by molar-refractivity contribution is 5.93. The van der Waals surface area contributed by atoms with Crippen molar-refractivity contribution >= 4 is 33.9 Å². The quantitative estimate of drug-likeness (QED) is 0.606. The lowest BCUT2D eigenvalue weighted by molar-refractivity contribution is 0.0695. The number of carboxylic acid groups (broad SMARTS) is 1. The highest BCUT2D eigenvalue weighted by Gasteiger charge is 2.28. The van der Waals surface area contributed by atoms with Crippen LogP contribution < -0.4 is 21.0 Å². The molecule has 9 heteroatoms. The van der Waals surface area contributed by atoms with Crippen molar-refractivity contribution in [2.24, 2.45) is 0 Å². The Kier molecular flexibility index (Phi) is 4.76. The molecule has 1 aromatic heterocycles. The van der Waals surface area contributed by atoms with Crippen molar-refractivity contribution in [3.8, 4) is 0 Å². The molecule has 3 N–H and O–H groups in total. The number of nitrogens with zero attached hydrogens (tertiary/aromatic N) is 3. The van der Waals surface area contributed by atoms with Gasteiger partial charge in [0.15, 0.2) is 0 Å². The van der Waals surface area contributed by atoms with Gasteiger partial charge in [-0.25, -0.2) is 13.6 Å². The van der Waals surface area contributed by atoms with Crippen LogP contribution in [0.2, 0.25) is 0 Å². The van der Waals surface area contributed by atoms with Gasteiger partial charge in [0.05, 0.1) is 16.9 Å². The predicted molar refractivity (Wildman–Crippen MR) is 119 cm³/mol. The second-order valence-electron chi connectivity index (χ2n) is 8.32. The zero-order valence-electron chi connectivity index (χ0n) is 17.2. The number of piperazine rings is 1. The first-order chi connectivity index (χ1) is 15.3. The number of fused-ring (bicyclic) bond motifs is 1. The summed E-state index contributed by atoms with van der Waals surface area (Å²) >= 11 is 0. The smallest absolute Gasteiger partial charge is 0.341 e. The summed E-state index contributed by atoms with van der Waals surface area (Å²) in [6.45, 7) is 1.91. The molecular formula is C23H22F2N4O3. The minimum Gasteiger partial charge on any atom is -0.477 e. The number of benzene rings is 2. The summed E-state index contributed by atoms with van der Waals surface area (Å²) in [5.74, 6) is -2.29. The van der Waals surface area contributed by atoms with Crippen molar-refractivity contribution in [3.05, 3.63) is 63.9 Å². The van der Waals surface area contributed by atoms with Gasteiger partial charge in [0, 0.05) is 49.5 Å². The van der Waals surface area contributed by atoms with Crippen molar-refractivity contribution in [3.63, 3.8) is 0 Å². The average molecular weight is 440 g/mol. The largest absolute Gasteiger partial charge is 0.477 e. The second-order valence-corrected chi connectivity index (χ2v) is 8.32. The maximum absolute atomic E-state index is 15.1. The summed E-state index contributed by atoms with van der Waals surface area (Å²) in [6.07, 6.45) is 3.14. The highest BCUT2D eigenvalue weighted by atomic mass is 19.1. The molecule has 32 heavy (non-hydrogen) atoms. The molecule has 0 atom stereocenters. The molecule has 7 nitrogen and oxygen atoms in total. The van der Waals surface area contributed by atoms with Crippen molar-refractivity contribution in [1.29, 1.82) is 0 Å². The van der Waals surface area contributed by atoms with E-state index in [9.17, 15) is 19.1 Å². The van der Waals surface area contributed by atoms with Gasteiger partial charge in [-0.1, -0.05) is 0 Å². The van der Waals surface area contributed by atoms with E-state index in [2.05, 4.69) is 0 Å². The number of rotatable bonds is 4. The third-order valence-electron chi connectivity index (χ3n) is 6.20. The molecular weight excluding hydrogens is 418 g/mol. The number of hydrogen-bond acceptors (Lipinski definition) is 5. The van der Waals surface area contributed by atoms with E-state index in [1.807, 2.05) is 9.80 Å². The van der Waals surface area contributed by atoms with Gasteiger partial charge in [0.1, 0.15) is 17.2 Å². The molecule has 0 spiro atoms. The molecule has 0 amide bonds. The fraction of sp³-hybridized carbons (Fsp3) is 0.304. The molecule has 1 aliphatic carbocycles. The monoisotopic (exact) mass is 440 g/mol. The zero-order chi connectivity index (χ0) is 22.6. The van der Waals surface area contributed by atoms with Crippen LogP contribution in [0.1, 0.15) is 29.2 Å². The second kappa shape index (κ2) is 7.51. The van der Waals surface area contributed by atoms with Gasteiger partial charge in [-0.05, 0) is 43.2 Å². The highest BCUT2D eigenvalue weighted by Crippen LogP contribution is 2.38. The summed E-state index contributed by atoms with van der Waals surface area (Å²) < 4.78 is 31.1. The Morgan fingerprint density at radius 1 is 0.969 bits per heavy atom. The summed E-state index contributed by atoms with van der Waals surface area (Å²) in [6, 6.07) is 7.47. The van der Waals surface area contributed by atoms with E-state index in [1.54, 1.807) is 22.8 Å². The van der Waals surface area contributed by atoms with Gasteiger partial charge in [-0.15, -0.1) is 0 Å². The minimum atomic E-state index is -1.32. The Hall–Kier alpha value is -3.62. The van der Waals surface area contributed by atoms with Crippen LogP contribution in [0.4, 0.5) is 25.8 Å². The molecule has 3 aromatic rings. The first kappa shape index (κ1) is 20.3. The molecule has 2 aromatic carbocycles. The van der Waals surface area contributed by atoms with Crippen LogP contribution in [0, 0.1) is 11.6 Å². The summed E-state index contributed by atoms with van der Waals surface area (Å²) in [5, 5.41) is 9.45. The number of anilines is 3. The maximum Gasteiger partial charge on any atom is 0.341 e. The number of aromatic carboxylic acids is 1. The normalized spacial score (nSPS) is 16.6. The standard InChI is InChI=1S/C23H22F2N4O3/c24-17-9-13(26)1-4-19(17)27-5-7-28(8-6-27)21-11-20-15(10-18(21)25)22(30)16(23(31)32)12-29(20)14-2-3-14/h1,4,9-12,14H,2-3,5-8,26H2,(H,31,32). The van der Waals surface area contributed by atoms with Gasteiger partial charge >= 0.3 is 5.97 Å². The SMILES string of the molecule is Nc1ccc(N2CCN(c3cc4c(cc3F)c(=O)c(C(=O)O)cn4C3CC3)CC2)c(F)c1. The number of halogens is 2. The fourth-order valence-electron chi connectivity index (χ4n) is 4.38. The van der Waals surface area contributed by atoms with Crippen LogP contribution in [0.15, 0.2) is 41.3 Å². The molecule has 1 saturated carbocycles. The Morgan fingerprint density at radius 3 is 2.19 bits per heavy atom. The van der Waals surface area contributed by atoms with E-state index in [-0.39, 0.29) is 17.0 Å². The molecule has 2 aliphatic rings. The van der Waals surface area contributed by atoms with E-state index >= 15 is 4.39 Å². The van der Waals surface area contributed by atoms with Crippen LogP contribution in [-0.2, 0) is 0 Å². The van der Waals surface area contributed by atoms with Crippen molar-refractivity contribution in [2.75, 3.05) is 41.7 Å². The van der Waals surface area contributed by atoms with Crippen LogP contribution in [0.25, 0.3) is 10.9 Å². The number of carbonyl (C=O) groups is 1. The Labute approximate surface area is 182 Å². The third-order valence-corrected chi connectivity index (χ3v) is 6.20. The van der Waals surface area contributed by atoms with Crippen LogP contribution in [-0.4, -0.2) is 41.8 Å². The van der Waals surface area contributed by atoms with Gasteiger partial charge in [0.2, 0.25) is 5.43 Å². The van der Waals surface area contributed by atoms with E-state index in [0.29, 0.717) is 48.8 Å². The molecule has 2 fully saturated rings. The third kappa shape index (κ3) is 3.43. The molecule has 0 radical (unpaired) electrons. The molecule has 5 rings (SSSR count). The summed E-state index contributed by atoms with van der Waals surface area (Å²) in [4.78, 5) is 27.9. The topological polar surface area (TPSA) is 91.8 Å². The van der Waals surface area contributed by atoms with E-state index in [0.717, 1.165) is 18.9 Å². The van der Waals surface area contributed by atoms with Gasteiger partial charge < -0.3 is 25.2 Å². The summed E-state index contributed by atoms with van der Waals surface area (Å²) in [5.41, 5.74) is 6.30. The van der Waals surface area contributed by atoms with Crippen LogP contribution >= 0.6 is 0 Å². The molecule has 2 heterocycles. The zero-order valence-corrected chi connectivity index (χ0v) is 17.2. The lowest BCUT2D eigenvalue weighted by atomic mass is 10.1. The molecule has 0 unspecified atom stereocenters. The Balaban J connectivity index is 1.48. The lowest BCUT2D eigenvalue weighted by Crippen LogP contribution is -2.47. The number of aromatic nitrogens is 1. The first-order valence-electron chi connectivity index (χ1n) is 10.5. The molecule has 166 valence electrons. The van der Waals surface area contributed by atoms with E-state index in [4.69, 9.17) is 5.73 Å². The number of nitrogen functional groups attached to an aromatic ring is 1. The summed E-state index contributed by atoms with van der Waals surface area (Å²) in [7, 11) is 0. The number of nitrogens with two attached hydrogens (primary N) is 1. The first-order valence-corrected chi connectivity index (χ1v) is 10.5. The lowest BCUT2D eigenvalue weighted by Gasteiger charge is -2.37. The fourth-order valence-corrected chi connectivity index (χ4v) is 4.38. The predicted octanol–water partition coefficient (Wildman–Crippen LogP) is 3.22. The average Bonchev–Trinajstić information content (AvgIpc) is 3.59. The van der Waals surface area contributed by atoms with Gasteiger partial charge in [-0.3, -0.25) is 4.79 Å². The number of hydrogen-bond donors (Lipinski definition) is 2. The minimum absolute atomic E-state index is 0.0700. The molecule has 1 saturated heterocycles.